The molecule has 1 nitrogen and oxygen atoms in total. The van der Waals surface area contributed by atoms with Crippen molar-refractivity contribution in [3.8, 4) is 0 Å². The van der Waals surface area contributed by atoms with Crippen LogP contribution in [0, 0.1) is 34.6 Å². The molecule has 2 aromatic rings. The molecule has 0 amide bonds. The smallest absolute Gasteiger partial charge is 0.0415 e. The van der Waals surface area contributed by atoms with Gasteiger partial charge in [0.2, 0.25) is 0 Å². The van der Waals surface area contributed by atoms with Crippen LogP contribution in [0.3, 0.4) is 0 Å². The summed E-state index contributed by atoms with van der Waals surface area (Å²) >= 11 is 0. The second-order valence-electron chi connectivity index (χ2n) is 9.36. The van der Waals surface area contributed by atoms with Crippen molar-refractivity contribution in [1.82, 2.24) is 4.98 Å². The van der Waals surface area contributed by atoms with Crippen molar-refractivity contribution in [3.63, 3.8) is 0 Å². The lowest BCUT2D eigenvalue weighted by atomic mass is 9.83. The maximum absolute atomic E-state index is 4.50. The Kier molecular flexibility index (Phi) is 6.61. The van der Waals surface area contributed by atoms with E-state index in [0.29, 0.717) is 0 Å². The van der Waals surface area contributed by atoms with E-state index in [2.05, 4.69) is 98.5 Å². The van der Waals surface area contributed by atoms with Crippen molar-refractivity contribution >= 4 is 0 Å². The number of aromatic nitrogens is 1. The van der Waals surface area contributed by atoms with E-state index in [9.17, 15) is 0 Å². The van der Waals surface area contributed by atoms with Crippen molar-refractivity contribution in [3.05, 3.63) is 63.5 Å². The number of hydrogen-bond acceptors (Lipinski definition) is 1. The van der Waals surface area contributed by atoms with Crippen LogP contribution in [0.5, 0.6) is 0 Å². The Hall–Kier alpha value is -1.63. The normalized spacial score (nSPS) is 11.8. The molecule has 1 aromatic carbocycles. The van der Waals surface area contributed by atoms with Gasteiger partial charge in [0.25, 0.3) is 0 Å². The Morgan fingerprint density at radius 3 is 1.64 bits per heavy atom. The number of benzene rings is 1. The highest BCUT2D eigenvalue weighted by molar-refractivity contribution is 5.36. The van der Waals surface area contributed by atoms with Crippen LogP contribution in [0.1, 0.15) is 80.7 Å². The summed E-state index contributed by atoms with van der Waals surface area (Å²) in [5, 5.41) is 0. The van der Waals surface area contributed by atoms with Gasteiger partial charge >= 0.3 is 0 Å². The van der Waals surface area contributed by atoms with Gasteiger partial charge in [0.1, 0.15) is 0 Å². The average molecular weight is 340 g/mol. The number of rotatable bonds is 0. The molecule has 1 heterocycles. The van der Waals surface area contributed by atoms with Crippen LogP contribution in [-0.4, -0.2) is 4.98 Å². The zero-order valence-corrected chi connectivity index (χ0v) is 18.3. The fraction of sp³-hybridized carbons (Fsp3) is 0.542. The molecule has 0 unspecified atom stereocenters. The van der Waals surface area contributed by atoms with Crippen molar-refractivity contribution in [2.45, 2.75) is 87.0 Å². The lowest BCUT2D eigenvalue weighted by Crippen LogP contribution is -2.16. The Bertz CT molecular complexity index is 702. The van der Waals surface area contributed by atoms with Crippen molar-refractivity contribution in [2.24, 2.45) is 0 Å². The molecular weight excluding hydrogens is 302 g/mol. The molecule has 0 N–H and O–H groups in total. The molecule has 0 saturated heterocycles. The number of nitrogens with zero attached hydrogens (tertiary/aromatic N) is 1. The first-order valence-corrected chi connectivity index (χ1v) is 9.26. The minimum absolute atomic E-state index is 0.203. The molecule has 0 radical (unpaired) electrons. The summed E-state index contributed by atoms with van der Waals surface area (Å²) in [5.41, 5.74) is 9.72. The average Bonchev–Trinajstić information content (AvgIpc) is 2.38. The van der Waals surface area contributed by atoms with Gasteiger partial charge in [-0.3, -0.25) is 4.98 Å². The molecule has 0 spiro atoms. The maximum atomic E-state index is 4.50. The number of hydrogen-bond donors (Lipinski definition) is 0. The Labute approximate surface area is 155 Å². The summed E-state index contributed by atoms with van der Waals surface area (Å²) in [4.78, 5) is 4.50. The lowest BCUT2D eigenvalue weighted by molar-refractivity contribution is 0.577. The maximum Gasteiger partial charge on any atom is 0.0415 e. The molecular formula is C24H37N. The Morgan fingerprint density at radius 1 is 0.680 bits per heavy atom. The molecule has 1 heteroatoms. The van der Waals surface area contributed by atoms with Gasteiger partial charge in [0.15, 0.2) is 0 Å². The van der Waals surface area contributed by atoms with Crippen LogP contribution >= 0.6 is 0 Å². The molecule has 25 heavy (non-hydrogen) atoms. The third-order valence-corrected chi connectivity index (χ3v) is 4.48. The van der Waals surface area contributed by atoms with Gasteiger partial charge in [0, 0.05) is 11.4 Å². The van der Waals surface area contributed by atoms with Gasteiger partial charge in [-0.15, -0.1) is 0 Å². The van der Waals surface area contributed by atoms with Crippen molar-refractivity contribution in [2.75, 3.05) is 0 Å². The molecule has 138 valence electrons. The molecule has 0 aliphatic carbocycles. The topological polar surface area (TPSA) is 12.9 Å². The molecule has 0 saturated carbocycles. The van der Waals surface area contributed by atoms with E-state index in [4.69, 9.17) is 0 Å². The first-order chi connectivity index (χ1) is 11.2. The lowest BCUT2D eigenvalue weighted by Gasteiger charge is -2.23. The fourth-order valence-corrected chi connectivity index (χ4v) is 3.70. The van der Waals surface area contributed by atoms with Gasteiger partial charge in [-0.2, -0.15) is 0 Å². The highest BCUT2D eigenvalue weighted by Crippen LogP contribution is 2.28. The third-order valence-electron chi connectivity index (χ3n) is 4.48. The summed E-state index contributed by atoms with van der Waals surface area (Å²) in [6.45, 7) is 24.1. The summed E-state index contributed by atoms with van der Waals surface area (Å²) in [6.07, 6.45) is 0. The minimum Gasteiger partial charge on any atom is -0.258 e. The highest BCUT2D eigenvalue weighted by Gasteiger charge is 2.19. The molecule has 1 aromatic heterocycles. The summed E-state index contributed by atoms with van der Waals surface area (Å²) in [5.74, 6) is 0. The first-order valence-electron chi connectivity index (χ1n) is 9.26. The van der Waals surface area contributed by atoms with Gasteiger partial charge in [-0.05, 0) is 73.8 Å². The standard InChI is InChI=1S/C12H19N.C12H18/c1-8-7-9(2)13-10(3)11(8)12(4,5)6;1-9-6-7-10(2)11(8-9)12(3,4)5/h7H,1-6H3;6-8H,1-5H3. The van der Waals surface area contributed by atoms with Crippen LogP contribution in [0.4, 0.5) is 0 Å². The summed E-state index contributed by atoms with van der Waals surface area (Å²) < 4.78 is 0. The van der Waals surface area contributed by atoms with E-state index in [1.54, 1.807) is 0 Å². The highest BCUT2D eigenvalue weighted by atomic mass is 14.7. The van der Waals surface area contributed by atoms with Crippen LogP contribution in [0.2, 0.25) is 0 Å². The van der Waals surface area contributed by atoms with Crippen molar-refractivity contribution in [1.29, 1.82) is 0 Å². The predicted octanol–water partition coefficient (Wildman–Crippen LogP) is 6.91. The van der Waals surface area contributed by atoms with Gasteiger partial charge in [-0.25, -0.2) is 0 Å². The van der Waals surface area contributed by atoms with Gasteiger partial charge in [0.05, 0.1) is 0 Å². The quantitative estimate of drug-likeness (QED) is 0.508. The Morgan fingerprint density at radius 2 is 1.24 bits per heavy atom. The molecule has 0 aliphatic rings. The monoisotopic (exact) mass is 339 g/mol. The summed E-state index contributed by atoms with van der Waals surface area (Å²) in [6, 6.07) is 8.82. The molecule has 0 fully saturated rings. The molecule has 2 rings (SSSR count). The molecule has 0 aliphatic heterocycles. The minimum atomic E-state index is 0.203. The number of pyridine rings is 1. The SMILES string of the molecule is Cc1cc(C)c(C(C)(C)C)c(C)n1.Cc1ccc(C)c(C(C)(C)C)c1. The summed E-state index contributed by atoms with van der Waals surface area (Å²) in [7, 11) is 0. The Balaban J connectivity index is 0.000000251. The van der Waals surface area contributed by atoms with E-state index in [0.717, 1.165) is 5.69 Å². The van der Waals surface area contributed by atoms with Crippen molar-refractivity contribution < 1.29 is 0 Å². The zero-order valence-electron chi connectivity index (χ0n) is 18.3. The second-order valence-corrected chi connectivity index (χ2v) is 9.36. The first kappa shape index (κ1) is 21.4. The molecule has 0 atom stereocenters. The largest absolute Gasteiger partial charge is 0.258 e. The fourth-order valence-electron chi connectivity index (χ4n) is 3.70. The van der Waals surface area contributed by atoms with Gasteiger partial charge in [-0.1, -0.05) is 65.3 Å². The van der Waals surface area contributed by atoms with E-state index < -0.39 is 0 Å². The number of aryl methyl sites for hydroxylation is 5. The van der Waals surface area contributed by atoms with E-state index in [-0.39, 0.29) is 10.8 Å². The van der Waals surface area contributed by atoms with Crippen LogP contribution < -0.4 is 0 Å². The van der Waals surface area contributed by atoms with Crippen LogP contribution in [0.25, 0.3) is 0 Å². The van der Waals surface area contributed by atoms with Crippen LogP contribution in [0.15, 0.2) is 24.3 Å². The van der Waals surface area contributed by atoms with Crippen LogP contribution in [-0.2, 0) is 10.8 Å². The third kappa shape index (κ3) is 5.99. The predicted molar refractivity (Wildman–Crippen MR) is 112 cm³/mol. The zero-order chi connectivity index (χ0) is 19.6. The van der Waals surface area contributed by atoms with Gasteiger partial charge < -0.3 is 0 Å². The van der Waals surface area contributed by atoms with E-state index in [1.807, 2.05) is 6.92 Å². The molecule has 0 bridgehead atoms. The van der Waals surface area contributed by atoms with E-state index >= 15 is 0 Å². The van der Waals surface area contributed by atoms with E-state index in [1.165, 1.54) is 33.5 Å². The second kappa shape index (κ2) is 7.72.